The van der Waals surface area contributed by atoms with Crippen LogP contribution in [0.15, 0.2) is 12.3 Å². The van der Waals surface area contributed by atoms with E-state index in [9.17, 15) is 30.6 Å². The molecule has 142 valence electrons. The van der Waals surface area contributed by atoms with Gasteiger partial charge in [0.1, 0.15) is 47.8 Å². The summed E-state index contributed by atoms with van der Waals surface area (Å²) in [5, 5.41) is 60.0. The first-order valence-corrected chi connectivity index (χ1v) is 8.11. The molecule has 25 heavy (non-hydrogen) atoms. The van der Waals surface area contributed by atoms with Crippen molar-refractivity contribution < 1.29 is 49.6 Å². The van der Waals surface area contributed by atoms with E-state index in [2.05, 4.69) is 0 Å². The number of aliphatic hydroxyl groups is 6. The maximum Gasteiger partial charge on any atom is 0.210 e. The van der Waals surface area contributed by atoms with E-state index in [1.54, 1.807) is 6.92 Å². The largest absolute Gasteiger partial charge is 0.472 e. The lowest BCUT2D eigenvalue weighted by Gasteiger charge is -2.45. The molecule has 10 nitrogen and oxygen atoms in total. The minimum Gasteiger partial charge on any atom is -0.472 e. The third-order valence-electron chi connectivity index (χ3n) is 5.70. The molecule has 3 heterocycles. The third kappa shape index (κ3) is 2.30. The molecule has 0 bridgehead atoms. The lowest BCUT2D eigenvalue weighted by atomic mass is 9.82. The van der Waals surface area contributed by atoms with E-state index in [0.29, 0.717) is 0 Å². The molecule has 11 atom stereocenters. The molecule has 4 aliphatic rings. The van der Waals surface area contributed by atoms with Crippen LogP contribution >= 0.6 is 0 Å². The molecule has 0 aromatic rings. The Morgan fingerprint density at radius 2 is 1.80 bits per heavy atom. The Morgan fingerprint density at radius 3 is 2.48 bits per heavy atom. The van der Waals surface area contributed by atoms with Gasteiger partial charge in [-0.1, -0.05) is 0 Å². The molecule has 0 radical (unpaired) electrons. The second-order valence-electron chi connectivity index (χ2n) is 7.17. The first-order valence-electron chi connectivity index (χ1n) is 8.11. The van der Waals surface area contributed by atoms with E-state index >= 15 is 0 Å². The van der Waals surface area contributed by atoms with Crippen LogP contribution < -0.4 is 0 Å². The van der Waals surface area contributed by atoms with Crippen LogP contribution in [-0.2, 0) is 18.9 Å². The van der Waals surface area contributed by atoms with Crippen molar-refractivity contribution in [2.45, 2.75) is 67.3 Å². The van der Waals surface area contributed by atoms with Crippen LogP contribution in [0.5, 0.6) is 0 Å². The number of epoxide rings is 1. The minimum atomic E-state index is -1.63. The Morgan fingerprint density at radius 1 is 1.08 bits per heavy atom. The summed E-state index contributed by atoms with van der Waals surface area (Å²) in [5.74, 6) is -0.808. The van der Waals surface area contributed by atoms with Crippen LogP contribution in [0.4, 0.5) is 0 Å². The van der Waals surface area contributed by atoms with Crippen molar-refractivity contribution in [1.29, 1.82) is 0 Å². The van der Waals surface area contributed by atoms with Crippen molar-refractivity contribution in [2.24, 2.45) is 5.92 Å². The molecule has 0 spiro atoms. The van der Waals surface area contributed by atoms with Gasteiger partial charge in [0, 0.05) is 0 Å². The summed E-state index contributed by atoms with van der Waals surface area (Å²) in [6.45, 7) is 1.11. The van der Waals surface area contributed by atoms with E-state index in [1.807, 2.05) is 0 Å². The summed E-state index contributed by atoms with van der Waals surface area (Å²) in [6.07, 6.45) is -7.63. The first kappa shape index (κ1) is 17.6. The summed E-state index contributed by atoms with van der Waals surface area (Å²) < 4.78 is 21.8. The molecule has 3 aliphatic heterocycles. The van der Waals surface area contributed by atoms with Gasteiger partial charge in [-0.05, 0) is 13.0 Å². The molecular formula is C15H22O10. The van der Waals surface area contributed by atoms with Gasteiger partial charge in [-0.2, -0.15) is 0 Å². The predicted octanol–water partition coefficient (Wildman–Crippen LogP) is -3.45. The SMILES string of the molecule is C[C@@]12O[C@@H]1[C@@H](O)[C@]1(O)C=CO[C@@H](O[C@@H]3O[C@H](CO)[C@@H](O)[C@H](O)[C@H]3O)[C@@H]12. The highest BCUT2D eigenvalue weighted by Gasteiger charge is 2.79. The summed E-state index contributed by atoms with van der Waals surface area (Å²) in [5.41, 5.74) is -2.51. The maximum atomic E-state index is 10.8. The van der Waals surface area contributed by atoms with Gasteiger partial charge < -0.3 is 49.6 Å². The molecule has 0 aromatic heterocycles. The van der Waals surface area contributed by atoms with Crippen molar-refractivity contribution in [1.82, 2.24) is 0 Å². The highest BCUT2D eigenvalue weighted by molar-refractivity contribution is 5.31. The Hall–Kier alpha value is -0.820. The zero-order chi connectivity index (χ0) is 18.1. The van der Waals surface area contributed by atoms with Crippen LogP contribution in [0.25, 0.3) is 0 Å². The lowest BCUT2D eigenvalue weighted by molar-refractivity contribution is -0.349. The van der Waals surface area contributed by atoms with Gasteiger partial charge in [0.25, 0.3) is 0 Å². The van der Waals surface area contributed by atoms with Gasteiger partial charge in [-0.3, -0.25) is 0 Å². The van der Waals surface area contributed by atoms with Gasteiger partial charge in [0.05, 0.1) is 18.8 Å². The third-order valence-corrected chi connectivity index (χ3v) is 5.70. The van der Waals surface area contributed by atoms with E-state index in [4.69, 9.17) is 18.9 Å². The molecule has 1 saturated carbocycles. The molecule has 1 aliphatic carbocycles. The lowest BCUT2D eigenvalue weighted by Crippen LogP contribution is -2.61. The molecule has 6 N–H and O–H groups in total. The van der Waals surface area contributed by atoms with E-state index in [0.717, 1.165) is 0 Å². The van der Waals surface area contributed by atoms with Gasteiger partial charge in [0.15, 0.2) is 6.29 Å². The number of rotatable bonds is 3. The number of hydrogen-bond donors (Lipinski definition) is 6. The topological polar surface area (TPSA) is 162 Å². The minimum absolute atomic E-state index is 0.574. The fraction of sp³-hybridized carbons (Fsp3) is 0.867. The van der Waals surface area contributed by atoms with Crippen molar-refractivity contribution >= 4 is 0 Å². The Kier molecular flexibility index (Phi) is 3.93. The van der Waals surface area contributed by atoms with Gasteiger partial charge >= 0.3 is 0 Å². The second kappa shape index (κ2) is 5.59. The Labute approximate surface area is 142 Å². The van der Waals surface area contributed by atoms with Crippen molar-refractivity contribution in [3.8, 4) is 0 Å². The first-order chi connectivity index (χ1) is 11.7. The number of hydrogen-bond acceptors (Lipinski definition) is 10. The average Bonchev–Trinajstić information content (AvgIpc) is 3.22. The smallest absolute Gasteiger partial charge is 0.210 e. The van der Waals surface area contributed by atoms with E-state index in [1.165, 1.54) is 12.3 Å². The van der Waals surface area contributed by atoms with Crippen molar-refractivity contribution in [3.05, 3.63) is 12.3 Å². The zero-order valence-corrected chi connectivity index (χ0v) is 13.4. The summed E-state index contributed by atoms with van der Waals surface area (Å²) in [7, 11) is 0. The monoisotopic (exact) mass is 362 g/mol. The molecule has 10 heteroatoms. The number of ether oxygens (including phenoxy) is 4. The number of fused-ring (bicyclic) bond motifs is 3. The molecule has 4 rings (SSSR count). The highest BCUT2D eigenvalue weighted by Crippen LogP contribution is 2.61. The van der Waals surface area contributed by atoms with Crippen LogP contribution in [0.2, 0.25) is 0 Å². The Bertz CT molecular complexity index is 569. The fourth-order valence-electron chi connectivity index (χ4n) is 4.17. The molecule has 0 amide bonds. The molecular weight excluding hydrogens is 340 g/mol. The van der Waals surface area contributed by atoms with Crippen LogP contribution in [-0.4, -0.2) is 97.7 Å². The Balaban J connectivity index is 1.56. The molecule has 0 aromatic carbocycles. The number of aliphatic hydroxyl groups excluding tert-OH is 5. The van der Waals surface area contributed by atoms with Crippen LogP contribution in [0, 0.1) is 5.92 Å². The van der Waals surface area contributed by atoms with Crippen molar-refractivity contribution in [3.63, 3.8) is 0 Å². The van der Waals surface area contributed by atoms with Gasteiger partial charge in [-0.15, -0.1) is 0 Å². The molecule has 0 unspecified atom stereocenters. The molecule has 3 fully saturated rings. The molecule has 2 saturated heterocycles. The summed E-state index contributed by atoms with van der Waals surface area (Å²) in [4.78, 5) is 0. The summed E-state index contributed by atoms with van der Waals surface area (Å²) >= 11 is 0. The van der Waals surface area contributed by atoms with Crippen LogP contribution in [0.3, 0.4) is 0 Å². The van der Waals surface area contributed by atoms with E-state index < -0.39 is 72.9 Å². The fourth-order valence-corrected chi connectivity index (χ4v) is 4.17. The average molecular weight is 362 g/mol. The van der Waals surface area contributed by atoms with Gasteiger partial charge in [-0.25, -0.2) is 0 Å². The predicted molar refractivity (Wildman–Crippen MR) is 76.6 cm³/mol. The quantitative estimate of drug-likeness (QED) is 0.278. The normalized spacial score (nSPS) is 59.9. The summed E-state index contributed by atoms with van der Waals surface area (Å²) in [6, 6.07) is 0. The zero-order valence-electron chi connectivity index (χ0n) is 13.4. The van der Waals surface area contributed by atoms with Gasteiger partial charge in [0.2, 0.25) is 6.29 Å². The second-order valence-corrected chi connectivity index (χ2v) is 7.17. The maximum absolute atomic E-state index is 10.8. The van der Waals surface area contributed by atoms with E-state index in [-0.39, 0.29) is 0 Å². The standard InChI is InChI=1S/C15H22O10/c1-14-9-13(22-3-2-15(9,21)10(20)11(14)25-14)24-12-8(19)7(18)6(17)5(4-16)23-12/h2-3,5-13,16-21H,4H2,1H3/t5-,6-,7+,8-,9-,10-,11-,12+,13+,14+,15+/m1/s1. The highest BCUT2D eigenvalue weighted by atomic mass is 16.8. The van der Waals surface area contributed by atoms with Crippen molar-refractivity contribution in [2.75, 3.05) is 6.61 Å². The van der Waals surface area contributed by atoms with Crippen LogP contribution in [0.1, 0.15) is 6.92 Å².